The minimum Gasteiger partial charge on any atom is -0.0619 e. The molecule has 7 aromatic rings. The van der Waals surface area contributed by atoms with E-state index in [1.54, 1.807) is 0 Å². The average molecular weight is 497 g/mol. The Morgan fingerprint density at radius 3 is 1.90 bits per heavy atom. The van der Waals surface area contributed by atoms with Gasteiger partial charge in [0.1, 0.15) is 0 Å². The lowest BCUT2D eigenvalue weighted by Crippen LogP contribution is -2.23. The van der Waals surface area contributed by atoms with Gasteiger partial charge in [0.2, 0.25) is 0 Å². The largest absolute Gasteiger partial charge is 0.0619 e. The predicted molar refractivity (Wildman–Crippen MR) is 167 cm³/mol. The van der Waals surface area contributed by atoms with Crippen molar-refractivity contribution in [3.63, 3.8) is 0 Å². The van der Waals surface area contributed by atoms with Crippen molar-refractivity contribution < 1.29 is 0 Å². The van der Waals surface area contributed by atoms with Gasteiger partial charge in [-0.15, -0.1) is 0 Å². The van der Waals surface area contributed by atoms with Gasteiger partial charge >= 0.3 is 0 Å². The summed E-state index contributed by atoms with van der Waals surface area (Å²) in [6.45, 7) is 4.75. The average Bonchev–Trinajstić information content (AvgIpc) is 2.99. The van der Waals surface area contributed by atoms with E-state index in [9.17, 15) is 0 Å². The van der Waals surface area contributed by atoms with E-state index in [-0.39, 0.29) is 5.41 Å². The van der Waals surface area contributed by atoms with Crippen LogP contribution in [0.4, 0.5) is 0 Å². The molecule has 1 aliphatic carbocycles. The first-order valence-corrected chi connectivity index (χ1v) is 13.8. The molecule has 0 spiro atoms. The van der Waals surface area contributed by atoms with Gasteiger partial charge in [-0.1, -0.05) is 135 Å². The lowest BCUT2D eigenvalue weighted by Gasteiger charge is -2.36. The van der Waals surface area contributed by atoms with Crippen molar-refractivity contribution in [2.24, 2.45) is 0 Å². The molecule has 0 nitrogen and oxygen atoms in total. The van der Waals surface area contributed by atoms with E-state index in [4.69, 9.17) is 0 Å². The molecule has 8 rings (SSSR count). The molecule has 0 fully saturated rings. The van der Waals surface area contributed by atoms with Crippen LogP contribution in [0.25, 0.3) is 65.7 Å². The lowest BCUT2D eigenvalue weighted by molar-refractivity contribution is 0.645. The number of fused-ring (bicyclic) bond motifs is 5. The Morgan fingerprint density at radius 1 is 0.410 bits per heavy atom. The Balaban J connectivity index is 1.46. The summed E-state index contributed by atoms with van der Waals surface area (Å²) in [5, 5.41) is 7.91. The third-order valence-corrected chi connectivity index (χ3v) is 8.83. The molecule has 184 valence electrons. The zero-order valence-electron chi connectivity index (χ0n) is 22.2. The number of hydrogen-bond donors (Lipinski definition) is 0. The summed E-state index contributed by atoms with van der Waals surface area (Å²) in [7, 11) is 0. The maximum Gasteiger partial charge on any atom is 0.0159 e. The van der Waals surface area contributed by atoms with Crippen LogP contribution in [0.5, 0.6) is 0 Å². The summed E-state index contributed by atoms with van der Waals surface area (Å²) >= 11 is 0. The first-order chi connectivity index (χ1) is 19.1. The van der Waals surface area contributed by atoms with Crippen molar-refractivity contribution in [2.75, 3.05) is 0 Å². The fourth-order valence-electron chi connectivity index (χ4n) is 6.95. The highest BCUT2D eigenvalue weighted by Crippen LogP contribution is 2.53. The Bertz CT molecular complexity index is 2090. The van der Waals surface area contributed by atoms with Crippen LogP contribution in [0.1, 0.15) is 25.0 Å². The molecule has 0 aliphatic heterocycles. The van der Waals surface area contributed by atoms with Crippen molar-refractivity contribution >= 4 is 32.3 Å². The van der Waals surface area contributed by atoms with Crippen molar-refractivity contribution in [3.05, 3.63) is 145 Å². The van der Waals surface area contributed by atoms with E-state index in [0.29, 0.717) is 0 Å². The van der Waals surface area contributed by atoms with Crippen LogP contribution in [0, 0.1) is 0 Å². The monoisotopic (exact) mass is 496 g/mol. The summed E-state index contributed by atoms with van der Waals surface area (Å²) in [4.78, 5) is 0. The number of hydrogen-bond acceptors (Lipinski definition) is 0. The van der Waals surface area contributed by atoms with Crippen molar-refractivity contribution in [1.82, 2.24) is 0 Å². The molecule has 1 aliphatic rings. The summed E-state index contributed by atoms with van der Waals surface area (Å²) in [6.07, 6.45) is 0. The number of benzene rings is 7. The van der Waals surface area contributed by atoms with E-state index in [1.165, 1.54) is 76.8 Å². The maximum atomic E-state index is 2.38. The van der Waals surface area contributed by atoms with E-state index < -0.39 is 0 Å². The van der Waals surface area contributed by atoms with Gasteiger partial charge in [0.25, 0.3) is 0 Å². The molecule has 0 amide bonds. The van der Waals surface area contributed by atoms with Gasteiger partial charge in [-0.05, 0) is 89.0 Å². The Morgan fingerprint density at radius 2 is 1.03 bits per heavy atom. The van der Waals surface area contributed by atoms with Crippen LogP contribution in [-0.4, -0.2) is 0 Å². The molecule has 0 atom stereocenters. The van der Waals surface area contributed by atoms with Gasteiger partial charge in [-0.25, -0.2) is 0 Å². The first kappa shape index (κ1) is 22.3. The van der Waals surface area contributed by atoms with Crippen molar-refractivity contribution in [2.45, 2.75) is 19.3 Å². The highest BCUT2D eigenvalue weighted by Gasteiger charge is 2.34. The SMILES string of the molecule is CC1(C)c2ccccc2-c2c3ccccc3c(-c3cccc(-c4ccc5ccccc5c4)c3)c3cccc1c23. The second-order valence-electron chi connectivity index (χ2n) is 11.3. The third-order valence-electron chi connectivity index (χ3n) is 8.83. The molecule has 0 N–H and O–H groups in total. The summed E-state index contributed by atoms with van der Waals surface area (Å²) in [5.74, 6) is 0. The van der Waals surface area contributed by atoms with E-state index in [0.717, 1.165) is 0 Å². The fourth-order valence-corrected chi connectivity index (χ4v) is 6.95. The standard InChI is InChI=1S/C39H28/c1-39(2)34-19-8-7-17-32(34)37-31-16-6-5-15-30(31)36(33-18-10-20-35(39)38(33)37)29-14-9-13-27(24-29)28-22-21-25-11-3-4-12-26(25)23-28/h3-24H,1-2H3. The second-order valence-corrected chi connectivity index (χ2v) is 11.3. The highest BCUT2D eigenvalue weighted by atomic mass is 14.4. The van der Waals surface area contributed by atoms with Crippen LogP contribution in [-0.2, 0) is 5.41 Å². The molecular formula is C39H28. The van der Waals surface area contributed by atoms with Crippen molar-refractivity contribution in [3.8, 4) is 33.4 Å². The minimum atomic E-state index is -0.0736. The lowest BCUT2D eigenvalue weighted by atomic mass is 9.67. The molecule has 0 saturated carbocycles. The van der Waals surface area contributed by atoms with Crippen LogP contribution in [0.3, 0.4) is 0 Å². The van der Waals surface area contributed by atoms with Gasteiger partial charge in [-0.3, -0.25) is 0 Å². The van der Waals surface area contributed by atoms with Gasteiger partial charge in [0.05, 0.1) is 0 Å². The Kier molecular flexibility index (Phi) is 4.67. The zero-order chi connectivity index (χ0) is 26.1. The van der Waals surface area contributed by atoms with Crippen LogP contribution >= 0.6 is 0 Å². The van der Waals surface area contributed by atoms with E-state index >= 15 is 0 Å². The van der Waals surface area contributed by atoms with Gasteiger partial charge in [0.15, 0.2) is 0 Å². The molecule has 0 aromatic heterocycles. The van der Waals surface area contributed by atoms with Crippen LogP contribution < -0.4 is 0 Å². The Hall–Kier alpha value is -4.68. The van der Waals surface area contributed by atoms with Crippen molar-refractivity contribution in [1.29, 1.82) is 0 Å². The summed E-state index contributed by atoms with van der Waals surface area (Å²) < 4.78 is 0. The quantitative estimate of drug-likeness (QED) is 0.209. The molecule has 0 bridgehead atoms. The molecule has 0 heteroatoms. The van der Waals surface area contributed by atoms with Crippen LogP contribution in [0.15, 0.2) is 133 Å². The molecule has 0 heterocycles. The normalized spacial score (nSPS) is 13.6. The highest BCUT2D eigenvalue weighted by molar-refractivity contribution is 6.23. The minimum absolute atomic E-state index is 0.0736. The molecule has 0 saturated heterocycles. The first-order valence-electron chi connectivity index (χ1n) is 13.8. The maximum absolute atomic E-state index is 2.38. The van der Waals surface area contributed by atoms with Gasteiger partial charge in [-0.2, -0.15) is 0 Å². The molecular weight excluding hydrogens is 468 g/mol. The molecule has 39 heavy (non-hydrogen) atoms. The fraction of sp³-hybridized carbons (Fsp3) is 0.0769. The third kappa shape index (κ3) is 3.18. The summed E-state index contributed by atoms with van der Waals surface area (Å²) in [6, 6.07) is 49.4. The number of rotatable bonds is 2. The molecule has 7 aromatic carbocycles. The Labute approximate surface area is 229 Å². The second kappa shape index (κ2) is 8.16. The predicted octanol–water partition coefficient (Wildman–Crippen LogP) is 10.8. The zero-order valence-corrected chi connectivity index (χ0v) is 22.2. The van der Waals surface area contributed by atoms with Crippen LogP contribution in [0.2, 0.25) is 0 Å². The molecule has 0 radical (unpaired) electrons. The van der Waals surface area contributed by atoms with Gasteiger partial charge < -0.3 is 0 Å². The summed E-state index contributed by atoms with van der Waals surface area (Å²) in [5.41, 5.74) is 10.6. The molecule has 0 unspecified atom stereocenters. The smallest absolute Gasteiger partial charge is 0.0159 e. The van der Waals surface area contributed by atoms with Gasteiger partial charge in [0, 0.05) is 5.41 Å². The van der Waals surface area contributed by atoms with E-state index in [2.05, 4.69) is 147 Å². The topological polar surface area (TPSA) is 0 Å². The van der Waals surface area contributed by atoms with E-state index in [1.807, 2.05) is 0 Å².